The molecule has 1 heterocycles. The molecule has 0 bridgehead atoms. The lowest BCUT2D eigenvalue weighted by Gasteiger charge is -2.14. The molecule has 0 saturated heterocycles. The van der Waals surface area contributed by atoms with Gasteiger partial charge in [0.25, 0.3) is 0 Å². The molecule has 0 aliphatic carbocycles. The van der Waals surface area contributed by atoms with Gasteiger partial charge in [-0.25, -0.2) is 0 Å². The number of ether oxygens (including phenoxy) is 3. The molecule has 2 aromatic rings. The van der Waals surface area contributed by atoms with E-state index >= 15 is 0 Å². The van der Waals surface area contributed by atoms with Gasteiger partial charge in [-0.2, -0.15) is 0 Å². The van der Waals surface area contributed by atoms with Crippen molar-refractivity contribution in [2.24, 2.45) is 0 Å². The first-order chi connectivity index (χ1) is 9.78. The first kappa shape index (κ1) is 14.0. The Kier molecular flexibility index (Phi) is 4.65. The molecule has 5 nitrogen and oxygen atoms in total. The highest BCUT2D eigenvalue weighted by atomic mass is 16.5. The summed E-state index contributed by atoms with van der Waals surface area (Å²) in [5, 5.41) is 3.07. The van der Waals surface area contributed by atoms with Crippen LogP contribution in [0.25, 0.3) is 0 Å². The number of para-hydroxylation sites is 1. The summed E-state index contributed by atoms with van der Waals surface area (Å²) in [4.78, 5) is 4.27. The van der Waals surface area contributed by atoms with Gasteiger partial charge in [0, 0.05) is 18.9 Å². The number of benzene rings is 1. The van der Waals surface area contributed by atoms with Crippen molar-refractivity contribution in [3.8, 4) is 17.2 Å². The number of methoxy groups -OCH3 is 2. The number of aromatic nitrogens is 1. The van der Waals surface area contributed by atoms with E-state index in [0.717, 1.165) is 11.4 Å². The molecule has 0 aliphatic rings. The molecular weight excluding hydrogens is 256 g/mol. The number of rotatable bonds is 6. The summed E-state index contributed by atoms with van der Waals surface area (Å²) < 4.78 is 16.4. The van der Waals surface area contributed by atoms with Gasteiger partial charge in [0.2, 0.25) is 5.75 Å². The van der Waals surface area contributed by atoms with E-state index in [1.54, 1.807) is 20.4 Å². The average Bonchev–Trinajstić information content (AvgIpc) is 2.52. The van der Waals surface area contributed by atoms with Gasteiger partial charge in [0.1, 0.15) is 6.61 Å². The summed E-state index contributed by atoms with van der Waals surface area (Å²) >= 11 is 0. The zero-order valence-electron chi connectivity index (χ0n) is 11.8. The van der Waals surface area contributed by atoms with Crippen LogP contribution in [0.3, 0.4) is 0 Å². The van der Waals surface area contributed by atoms with Crippen LogP contribution >= 0.6 is 0 Å². The Morgan fingerprint density at radius 3 is 2.40 bits per heavy atom. The molecule has 0 aliphatic heterocycles. The maximum Gasteiger partial charge on any atom is 0.203 e. The zero-order chi connectivity index (χ0) is 14.4. The average molecular weight is 274 g/mol. The standard InChI is InChI=1S/C15H18N2O3/c1-16-11-7-8-17-12(9-11)10-20-15-13(18-2)5-4-6-14(15)19-3/h4-9H,10H2,1-3H3,(H,16,17). The van der Waals surface area contributed by atoms with Gasteiger partial charge in [0.15, 0.2) is 11.5 Å². The summed E-state index contributed by atoms with van der Waals surface area (Å²) in [6.07, 6.45) is 1.74. The van der Waals surface area contributed by atoms with E-state index in [9.17, 15) is 0 Å². The van der Waals surface area contributed by atoms with E-state index < -0.39 is 0 Å². The van der Waals surface area contributed by atoms with Crippen LogP contribution < -0.4 is 19.5 Å². The molecular formula is C15H18N2O3. The first-order valence-electron chi connectivity index (χ1n) is 6.25. The second-order valence-corrected chi connectivity index (χ2v) is 4.07. The molecule has 2 rings (SSSR count). The van der Waals surface area contributed by atoms with Crippen LogP contribution in [0.15, 0.2) is 36.5 Å². The molecule has 0 amide bonds. The van der Waals surface area contributed by atoms with Crippen LogP contribution in [0, 0.1) is 0 Å². The minimum Gasteiger partial charge on any atom is -0.493 e. The summed E-state index contributed by atoms with van der Waals surface area (Å²) in [6, 6.07) is 9.34. The SMILES string of the molecule is CNc1ccnc(COc2c(OC)cccc2OC)c1. The highest BCUT2D eigenvalue weighted by Crippen LogP contribution is 2.37. The van der Waals surface area contributed by atoms with Gasteiger partial charge < -0.3 is 19.5 Å². The van der Waals surface area contributed by atoms with Crippen LogP contribution in [0.1, 0.15) is 5.69 Å². The Labute approximate surface area is 118 Å². The molecule has 0 saturated carbocycles. The summed E-state index contributed by atoms with van der Waals surface area (Å²) in [5.74, 6) is 1.84. The Morgan fingerprint density at radius 2 is 1.80 bits per heavy atom. The molecule has 20 heavy (non-hydrogen) atoms. The number of anilines is 1. The van der Waals surface area contributed by atoms with Crippen molar-refractivity contribution in [3.63, 3.8) is 0 Å². The van der Waals surface area contributed by atoms with Gasteiger partial charge in [-0.1, -0.05) is 6.07 Å². The lowest BCUT2D eigenvalue weighted by atomic mass is 10.3. The number of hydrogen-bond acceptors (Lipinski definition) is 5. The minimum absolute atomic E-state index is 0.340. The summed E-state index contributed by atoms with van der Waals surface area (Å²) in [5.41, 5.74) is 1.82. The third-order valence-corrected chi connectivity index (χ3v) is 2.85. The first-order valence-corrected chi connectivity index (χ1v) is 6.25. The molecule has 0 fully saturated rings. The highest BCUT2D eigenvalue weighted by molar-refractivity contribution is 5.51. The van der Waals surface area contributed by atoms with E-state index in [1.165, 1.54) is 0 Å². The predicted molar refractivity (Wildman–Crippen MR) is 77.7 cm³/mol. The van der Waals surface area contributed by atoms with E-state index in [0.29, 0.717) is 23.9 Å². The monoisotopic (exact) mass is 274 g/mol. The van der Waals surface area contributed by atoms with Crippen LogP contribution in [-0.2, 0) is 6.61 Å². The molecule has 0 atom stereocenters. The third-order valence-electron chi connectivity index (χ3n) is 2.85. The molecule has 106 valence electrons. The van der Waals surface area contributed by atoms with Crippen molar-refractivity contribution in [3.05, 3.63) is 42.2 Å². The number of hydrogen-bond donors (Lipinski definition) is 1. The largest absolute Gasteiger partial charge is 0.493 e. The minimum atomic E-state index is 0.340. The zero-order valence-corrected chi connectivity index (χ0v) is 11.8. The van der Waals surface area contributed by atoms with E-state index in [1.807, 2.05) is 37.4 Å². The lowest BCUT2D eigenvalue weighted by molar-refractivity contribution is 0.263. The van der Waals surface area contributed by atoms with E-state index in [-0.39, 0.29) is 0 Å². The summed E-state index contributed by atoms with van der Waals surface area (Å²) in [6.45, 7) is 0.340. The Hall–Kier alpha value is -2.43. The van der Waals surface area contributed by atoms with Crippen molar-refractivity contribution >= 4 is 5.69 Å². The second kappa shape index (κ2) is 6.65. The fourth-order valence-electron chi connectivity index (χ4n) is 1.82. The number of nitrogens with one attached hydrogen (secondary N) is 1. The highest BCUT2D eigenvalue weighted by Gasteiger charge is 2.11. The molecule has 0 unspecified atom stereocenters. The molecule has 0 radical (unpaired) electrons. The summed E-state index contributed by atoms with van der Waals surface area (Å²) in [7, 11) is 5.06. The molecule has 1 aromatic heterocycles. The molecule has 1 aromatic carbocycles. The van der Waals surface area contributed by atoms with Gasteiger partial charge in [0.05, 0.1) is 19.9 Å². The number of pyridine rings is 1. The quantitative estimate of drug-likeness (QED) is 0.877. The van der Waals surface area contributed by atoms with Crippen LogP contribution in [0.4, 0.5) is 5.69 Å². The second-order valence-electron chi connectivity index (χ2n) is 4.07. The smallest absolute Gasteiger partial charge is 0.203 e. The van der Waals surface area contributed by atoms with E-state index in [2.05, 4.69) is 10.3 Å². The maximum absolute atomic E-state index is 5.80. The third kappa shape index (κ3) is 3.12. The lowest BCUT2D eigenvalue weighted by Crippen LogP contribution is -2.02. The van der Waals surface area contributed by atoms with Gasteiger partial charge >= 0.3 is 0 Å². The van der Waals surface area contributed by atoms with Crippen LogP contribution in [-0.4, -0.2) is 26.3 Å². The number of nitrogens with zero attached hydrogens (tertiary/aromatic N) is 1. The maximum atomic E-state index is 5.80. The van der Waals surface area contributed by atoms with Gasteiger partial charge in [-0.05, 0) is 24.3 Å². The Morgan fingerprint density at radius 1 is 1.10 bits per heavy atom. The van der Waals surface area contributed by atoms with E-state index in [4.69, 9.17) is 14.2 Å². The van der Waals surface area contributed by atoms with Crippen molar-refractivity contribution in [2.75, 3.05) is 26.6 Å². The molecule has 0 spiro atoms. The van der Waals surface area contributed by atoms with Gasteiger partial charge in [-0.3, -0.25) is 4.98 Å². The Bertz CT molecular complexity index is 551. The van der Waals surface area contributed by atoms with Gasteiger partial charge in [-0.15, -0.1) is 0 Å². The van der Waals surface area contributed by atoms with Crippen LogP contribution in [0.2, 0.25) is 0 Å². The molecule has 1 N–H and O–H groups in total. The topological polar surface area (TPSA) is 52.6 Å². The Balaban J connectivity index is 2.17. The normalized spacial score (nSPS) is 9.95. The fourth-order valence-corrected chi connectivity index (χ4v) is 1.82. The van der Waals surface area contributed by atoms with Crippen molar-refractivity contribution in [1.29, 1.82) is 0 Å². The fraction of sp³-hybridized carbons (Fsp3) is 0.267. The van der Waals surface area contributed by atoms with Crippen molar-refractivity contribution < 1.29 is 14.2 Å². The van der Waals surface area contributed by atoms with Crippen LogP contribution in [0.5, 0.6) is 17.2 Å². The van der Waals surface area contributed by atoms with Crippen molar-refractivity contribution in [1.82, 2.24) is 4.98 Å². The predicted octanol–water partition coefficient (Wildman–Crippen LogP) is 2.72. The van der Waals surface area contributed by atoms with Crippen molar-refractivity contribution in [2.45, 2.75) is 6.61 Å². The molecule has 5 heteroatoms.